The number of Topliss-reactive ketones (excluding diaryl/α,β-unsaturated/α-hetero) is 1. The predicted octanol–water partition coefficient (Wildman–Crippen LogP) is 3.15. The highest BCUT2D eigenvalue weighted by Gasteiger charge is 2.41. The van der Waals surface area contributed by atoms with Gasteiger partial charge in [-0.15, -0.1) is 0 Å². The lowest BCUT2D eigenvalue weighted by atomic mass is 10.1. The summed E-state index contributed by atoms with van der Waals surface area (Å²) in [6.07, 6.45) is -5.17. The Hall–Kier alpha value is -1.14. The monoisotopic (exact) mass is 274 g/mol. The van der Waals surface area contributed by atoms with E-state index in [1.807, 2.05) is 0 Å². The molecule has 0 amide bonds. The summed E-state index contributed by atoms with van der Waals surface area (Å²) in [6, 6.07) is 0.494. The van der Waals surface area contributed by atoms with Gasteiger partial charge in [0, 0.05) is 0 Å². The fraction of sp³-hybridized carbons (Fsp3) is 0.125. The van der Waals surface area contributed by atoms with Gasteiger partial charge >= 0.3 is 6.18 Å². The lowest BCUT2D eigenvalue weighted by molar-refractivity contribution is -0.0886. The van der Waals surface area contributed by atoms with Crippen molar-refractivity contribution in [2.45, 2.75) is 6.18 Å². The number of carbonyl (C=O) groups excluding carboxylic acids is 1. The van der Waals surface area contributed by atoms with Crippen molar-refractivity contribution in [2.75, 3.05) is 0 Å². The highest BCUT2D eigenvalue weighted by atomic mass is 35.5. The third-order valence-electron chi connectivity index (χ3n) is 1.67. The van der Waals surface area contributed by atoms with Gasteiger partial charge in [0.1, 0.15) is 10.8 Å². The van der Waals surface area contributed by atoms with Gasteiger partial charge in [-0.1, -0.05) is 23.2 Å². The first-order valence-corrected chi connectivity index (χ1v) is 4.43. The second-order valence-corrected chi connectivity index (χ2v) is 3.53. The molecule has 0 radical (unpaired) electrons. The van der Waals surface area contributed by atoms with Crippen molar-refractivity contribution in [3.8, 4) is 11.5 Å². The molecule has 0 atom stereocenters. The van der Waals surface area contributed by atoms with Crippen molar-refractivity contribution in [3.63, 3.8) is 0 Å². The van der Waals surface area contributed by atoms with Crippen molar-refractivity contribution < 1.29 is 28.2 Å². The molecule has 2 N–H and O–H groups in total. The Labute approximate surface area is 97.0 Å². The number of phenols is 2. The van der Waals surface area contributed by atoms with Gasteiger partial charge < -0.3 is 10.2 Å². The van der Waals surface area contributed by atoms with E-state index >= 15 is 0 Å². The van der Waals surface area contributed by atoms with Gasteiger partial charge in [0.15, 0.2) is 5.75 Å². The number of ketones is 1. The van der Waals surface area contributed by atoms with Gasteiger partial charge in [0.05, 0.1) is 10.6 Å². The fourth-order valence-corrected chi connectivity index (χ4v) is 1.38. The molecule has 1 aromatic rings. The standard InChI is InChI=1S/C8H3Cl2F3O3/c9-3-1-2(7(16)8(11,12)13)5(14)4(10)6(3)15/h1,14-15H. The minimum Gasteiger partial charge on any atom is -0.505 e. The summed E-state index contributed by atoms with van der Waals surface area (Å²) in [5.41, 5.74) is -1.11. The van der Waals surface area contributed by atoms with Gasteiger partial charge in [-0.2, -0.15) is 13.2 Å². The molecule has 0 aliphatic carbocycles. The van der Waals surface area contributed by atoms with E-state index in [0.717, 1.165) is 0 Å². The van der Waals surface area contributed by atoms with E-state index in [9.17, 15) is 18.0 Å². The highest BCUT2D eigenvalue weighted by Crippen LogP contribution is 2.42. The molecule has 0 aliphatic heterocycles. The lowest BCUT2D eigenvalue weighted by Crippen LogP contribution is -2.22. The molecule has 0 aromatic heterocycles. The molecular weight excluding hydrogens is 272 g/mol. The number of benzene rings is 1. The number of hydrogen-bond donors (Lipinski definition) is 2. The summed E-state index contributed by atoms with van der Waals surface area (Å²) in [6.45, 7) is 0. The van der Waals surface area contributed by atoms with Crippen molar-refractivity contribution >= 4 is 29.0 Å². The van der Waals surface area contributed by atoms with Crippen LogP contribution in [-0.2, 0) is 0 Å². The van der Waals surface area contributed by atoms with Crippen LogP contribution in [0.4, 0.5) is 13.2 Å². The minimum atomic E-state index is -5.17. The SMILES string of the molecule is O=C(c1cc(Cl)c(O)c(Cl)c1O)C(F)(F)F. The number of phenolic OH excluding ortho intramolecular Hbond substituents is 2. The number of rotatable bonds is 1. The number of aromatic hydroxyl groups is 2. The molecule has 0 saturated heterocycles. The van der Waals surface area contributed by atoms with Crippen LogP contribution in [0.5, 0.6) is 11.5 Å². The molecule has 0 spiro atoms. The third kappa shape index (κ3) is 2.17. The van der Waals surface area contributed by atoms with Crippen LogP contribution in [-0.4, -0.2) is 22.2 Å². The molecule has 1 rings (SSSR count). The number of alkyl halides is 3. The summed E-state index contributed by atoms with van der Waals surface area (Å²) < 4.78 is 36.2. The predicted molar refractivity (Wildman–Crippen MR) is 50.2 cm³/mol. The lowest BCUT2D eigenvalue weighted by Gasteiger charge is -2.10. The van der Waals surface area contributed by atoms with Crippen LogP contribution in [0.1, 0.15) is 10.4 Å². The van der Waals surface area contributed by atoms with Crippen LogP contribution >= 0.6 is 23.2 Å². The molecule has 0 fully saturated rings. The highest BCUT2D eigenvalue weighted by molar-refractivity contribution is 6.38. The summed E-state index contributed by atoms with van der Waals surface area (Å²) >= 11 is 10.6. The molecular formula is C8H3Cl2F3O3. The maximum absolute atomic E-state index is 12.1. The third-order valence-corrected chi connectivity index (χ3v) is 2.32. The molecule has 8 heteroatoms. The first kappa shape index (κ1) is 12.9. The normalized spacial score (nSPS) is 11.6. The Morgan fingerprint density at radius 2 is 1.69 bits per heavy atom. The average Bonchev–Trinajstić information content (AvgIpc) is 2.18. The number of halogens is 5. The van der Waals surface area contributed by atoms with Crippen LogP contribution in [0.15, 0.2) is 6.07 Å². The zero-order valence-corrected chi connectivity index (χ0v) is 8.78. The summed E-state index contributed by atoms with van der Waals surface area (Å²) in [7, 11) is 0. The minimum absolute atomic E-state index is 0.494. The Balaban J connectivity index is 3.43. The maximum Gasteiger partial charge on any atom is 0.455 e. The Kier molecular flexibility index (Phi) is 3.25. The van der Waals surface area contributed by atoms with E-state index in [-0.39, 0.29) is 0 Å². The number of hydrogen-bond acceptors (Lipinski definition) is 3. The van der Waals surface area contributed by atoms with Crippen molar-refractivity contribution in [1.82, 2.24) is 0 Å². The average molecular weight is 275 g/mol. The van der Waals surface area contributed by atoms with Crippen molar-refractivity contribution in [2.24, 2.45) is 0 Å². The fourth-order valence-electron chi connectivity index (χ4n) is 0.924. The second kappa shape index (κ2) is 4.03. The zero-order valence-electron chi connectivity index (χ0n) is 7.27. The van der Waals surface area contributed by atoms with Crippen LogP contribution in [0.2, 0.25) is 10.0 Å². The molecule has 1 aromatic carbocycles. The molecule has 16 heavy (non-hydrogen) atoms. The molecule has 0 unspecified atom stereocenters. The molecule has 0 bridgehead atoms. The van der Waals surface area contributed by atoms with Crippen LogP contribution < -0.4 is 0 Å². The van der Waals surface area contributed by atoms with E-state index < -0.39 is 39.1 Å². The summed E-state index contributed by atoms with van der Waals surface area (Å²) in [5.74, 6) is -4.25. The molecule has 0 aliphatic rings. The van der Waals surface area contributed by atoms with E-state index in [2.05, 4.69) is 0 Å². The number of carbonyl (C=O) groups is 1. The van der Waals surface area contributed by atoms with Crippen LogP contribution in [0.25, 0.3) is 0 Å². The van der Waals surface area contributed by atoms with Gasteiger partial charge in [0.25, 0.3) is 5.78 Å². The van der Waals surface area contributed by atoms with E-state index in [1.54, 1.807) is 0 Å². The molecule has 0 saturated carbocycles. The zero-order chi connectivity index (χ0) is 12.7. The van der Waals surface area contributed by atoms with Crippen LogP contribution in [0, 0.1) is 0 Å². The Morgan fingerprint density at radius 1 is 1.19 bits per heavy atom. The first-order valence-electron chi connectivity index (χ1n) is 3.67. The van der Waals surface area contributed by atoms with E-state index in [4.69, 9.17) is 33.4 Å². The Morgan fingerprint density at radius 3 is 2.12 bits per heavy atom. The molecule has 3 nitrogen and oxygen atoms in total. The van der Waals surface area contributed by atoms with Crippen molar-refractivity contribution in [1.29, 1.82) is 0 Å². The quantitative estimate of drug-likeness (QED) is 0.774. The van der Waals surface area contributed by atoms with E-state index in [0.29, 0.717) is 6.07 Å². The summed E-state index contributed by atoms with van der Waals surface area (Å²) in [5, 5.41) is 16.9. The second-order valence-electron chi connectivity index (χ2n) is 2.74. The van der Waals surface area contributed by atoms with Gasteiger partial charge in [-0.25, -0.2) is 0 Å². The van der Waals surface area contributed by atoms with E-state index in [1.165, 1.54) is 0 Å². The topological polar surface area (TPSA) is 57.5 Å². The largest absolute Gasteiger partial charge is 0.505 e. The first-order chi connectivity index (χ1) is 7.16. The summed E-state index contributed by atoms with van der Waals surface area (Å²) in [4.78, 5) is 10.8. The van der Waals surface area contributed by atoms with Crippen molar-refractivity contribution in [3.05, 3.63) is 21.7 Å². The smallest absolute Gasteiger partial charge is 0.455 e. The maximum atomic E-state index is 12.1. The Bertz CT molecular complexity index is 457. The molecule has 0 heterocycles. The molecule has 88 valence electrons. The van der Waals surface area contributed by atoms with Gasteiger partial charge in [0.2, 0.25) is 0 Å². The van der Waals surface area contributed by atoms with Gasteiger partial charge in [-0.3, -0.25) is 4.79 Å². The van der Waals surface area contributed by atoms with Gasteiger partial charge in [-0.05, 0) is 6.07 Å². The van der Waals surface area contributed by atoms with Crippen LogP contribution in [0.3, 0.4) is 0 Å².